The second kappa shape index (κ2) is 6.85. The number of nitrogens with one attached hydrogen (secondary N) is 1. The number of hydrogen-bond acceptors (Lipinski definition) is 3. The lowest BCUT2D eigenvalue weighted by Crippen LogP contribution is -2.24. The standard InChI is InChI=1S/C12H18FN3O/c1-9-8-11(13)3-2-10(9)4-6-15-7-5-12(14)16-17/h2-3,8,15,17H,4-7H2,1H3,(H2,14,16). The highest BCUT2D eigenvalue weighted by molar-refractivity contribution is 5.79. The van der Waals surface area contributed by atoms with E-state index in [4.69, 9.17) is 10.9 Å². The van der Waals surface area contributed by atoms with Gasteiger partial charge in [-0.25, -0.2) is 4.39 Å². The Hall–Kier alpha value is -1.62. The number of aryl methyl sites for hydroxylation is 1. The van der Waals surface area contributed by atoms with Crippen molar-refractivity contribution in [3.63, 3.8) is 0 Å². The number of nitrogens with two attached hydrogens (primary N) is 1. The molecular weight excluding hydrogens is 221 g/mol. The van der Waals surface area contributed by atoms with E-state index in [1.807, 2.05) is 6.92 Å². The van der Waals surface area contributed by atoms with Crippen LogP contribution in [0, 0.1) is 12.7 Å². The van der Waals surface area contributed by atoms with Gasteiger partial charge < -0.3 is 16.3 Å². The predicted octanol–water partition coefficient (Wildman–Crippen LogP) is 1.40. The molecule has 5 heteroatoms. The molecule has 0 unspecified atom stereocenters. The van der Waals surface area contributed by atoms with Crippen molar-refractivity contribution < 1.29 is 9.60 Å². The van der Waals surface area contributed by atoms with Gasteiger partial charge in [0.25, 0.3) is 0 Å². The number of hydrogen-bond donors (Lipinski definition) is 3. The maximum Gasteiger partial charge on any atom is 0.140 e. The molecule has 0 spiro atoms. The molecule has 1 aromatic carbocycles. The van der Waals surface area contributed by atoms with Crippen LogP contribution in [-0.2, 0) is 6.42 Å². The van der Waals surface area contributed by atoms with Crippen molar-refractivity contribution in [1.29, 1.82) is 0 Å². The van der Waals surface area contributed by atoms with Crippen LogP contribution in [0.4, 0.5) is 4.39 Å². The zero-order valence-electron chi connectivity index (χ0n) is 9.91. The topological polar surface area (TPSA) is 70.6 Å². The fourth-order valence-electron chi connectivity index (χ4n) is 1.55. The Morgan fingerprint density at radius 3 is 2.88 bits per heavy atom. The minimum Gasteiger partial charge on any atom is -0.409 e. The molecule has 0 bridgehead atoms. The van der Waals surface area contributed by atoms with E-state index in [0.29, 0.717) is 13.0 Å². The van der Waals surface area contributed by atoms with Crippen molar-refractivity contribution in [2.75, 3.05) is 13.1 Å². The summed E-state index contributed by atoms with van der Waals surface area (Å²) in [5.41, 5.74) is 7.41. The lowest BCUT2D eigenvalue weighted by molar-refractivity contribution is 0.316. The fourth-order valence-corrected chi connectivity index (χ4v) is 1.55. The zero-order valence-corrected chi connectivity index (χ0v) is 9.91. The monoisotopic (exact) mass is 239 g/mol. The second-order valence-electron chi connectivity index (χ2n) is 3.91. The number of benzene rings is 1. The summed E-state index contributed by atoms with van der Waals surface area (Å²) in [4.78, 5) is 0. The molecule has 0 aromatic heterocycles. The van der Waals surface area contributed by atoms with Crippen LogP contribution in [-0.4, -0.2) is 24.1 Å². The Morgan fingerprint density at radius 1 is 1.47 bits per heavy atom. The Labute approximate surface area is 100 Å². The van der Waals surface area contributed by atoms with Crippen LogP contribution < -0.4 is 11.1 Å². The third-order valence-corrected chi connectivity index (χ3v) is 2.56. The van der Waals surface area contributed by atoms with E-state index in [9.17, 15) is 4.39 Å². The average molecular weight is 239 g/mol. The summed E-state index contributed by atoms with van der Waals surface area (Å²) in [5.74, 6) is 0.0154. The van der Waals surface area contributed by atoms with E-state index in [0.717, 1.165) is 24.1 Å². The maximum absolute atomic E-state index is 12.9. The van der Waals surface area contributed by atoms with Gasteiger partial charge in [-0.3, -0.25) is 0 Å². The van der Waals surface area contributed by atoms with Gasteiger partial charge in [0, 0.05) is 13.0 Å². The molecule has 0 atom stereocenters. The normalized spacial score (nSPS) is 11.8. The van der Waals surface area contributed by atoms with Crippen molar-refractivity contribution in [3.8, 4) is 0 Å². The minimum atomic E-state index is -0.203. The molecule has 94 valence electrons. The quantitative estimate of drug-likeness (QED) is 0.231. The molecule has 0 amide bonds. The first-order chi connectivity index (χ1) is 8.13. The maximum atomic E-state index is 12.9. The summed E-state index contributed by atoms with van der Waals surface area (Å²) in [6, 6.07) is 4.81. The van der Waals surface area contributed by atoms with Gasteiger partial charge in [-0.2, -0.15) is 0 Å². The highest BCUT2D eigenvalue weighted by Gasteiger charge is 2.00. The number of halogens is 1. The van der Waals surface area contributed by atoms with Crippen LogP contribution in [0.25, 0.3) is 0 Å². The molecule has 4 N–H and O–H groups in total. The van der Waals surface area contributed by atoms with E-state index in [1.165, 1.54) is 12.1 Å². The third kappa shape index (κ3) is 4.82. The number of amidine groups is 1. The minimum absolute atomic E-state index is 0.203. The molecule has 0 radical (unpaired) electrons. The number of oxime groups is 1. The summed E-state index contributed by atoms with van der Waals surface area (Å²) >= 11 is 0. The van der Waals surface area contributed by atoms with E-state index in [2.05, 4.69) is 10.5 Å². The van der Waals surface area contributed by atoms with E-state index in [1.54, 1.807) is 6.07 Å². The first-order valence-corrected chi connectivity index (χ1v) is 5.55. The molecule has 0 fully saturated rings. The number of nitrogens with zero attached hydrogens (tertiary/aromatic N) is 1. The highest BCUT2D eigenvalue weighted by atomic mass is 19.1. The molecule has 0 aliphatic carbocycles. The van der Waals surface area contributed by atoms with Crippen LogP contribution in [0.5, 0.6) is 0 Å². The largest absolute Gasteiger partial charge is 0.409 e. The summed E-state index contributed by atoms with van der Waals surface area (Å²) in [6.07, 6.45) is 1.35. The lowest BCUT2D eigenvalue weighted by atomic mass is 10.1. The number of rotatable bonds is 6. The third-order valence-electron chi connectivity index (χ3n) is 2.56. The van der Waals surface area contributed by atoms with Gasteiger partial charge in [-0.15, -0.1) is 0 Å². The van der Waals surface area contributed by atoms with Crippen molar-refractivity contribution in [2.24, 2.45) is 10.9 Å². The van der Waals surface area contributed by atoms with Crippen molar-refractivity contribution in [2.45, 2.75) is 19.8 Å². The first-order valence-electron chi connectivity index (χ1n) is 5.55. The first kappa shape index (κ1) is 13.4. The van der Waals surface area contributed by atoms with Gasteiger partial charge in [-0.05, 0) is 43.1 Å². The Bertz CT molecular complexity index is 393. The molecule has 17 heavy (non-hydrogen) atoms. The average Bonchev–Trinajstić information content (AvgIpc) is 2.30. The van der Waals surface area contributed by atoms with E-state index < -0.39 is 0 Å². The van der Waals surface area contributed by atoms with Gasteiger partial charge in [0.1, 0.15) is 11.7 Å². The van der Waals surface area contributed by atoms with Gasteiger partial charge >= 0.3 is 0 Å². The van der Waals surface area contributed by atoms with E-state index >= 15 is 0 Å². The zero-order chi connectivity index (χ0) is 12.7. The summed E-state index contributed by atoms with van der Waals surface area (Å²) in [6.45, 7) is 3.34. The fraction of sp³-hybridized carbons (Fsp3) is 0.417. The molecule has 0 heterocycles. The lowest BCUT2D eigenvalue weighted by Gasteiger charge is -2.07. The van der Waals surface area contributed by atoms with Crippen LogP contribution in [0.2, 0.25) is 0 Å². The molecule has 0 aliphatic rings. The van der Waals surface area contributed by atoms with Crippen molar-refractivity contribution in [1.82, 2.24) is 5.32 Å². The highest BCUT2D eigenvalue weighted by Crippen LogP contribution is 2.10. The van der Waals surface area contributed by atoms with Crippen LogP contribution in [0.1, 0.15) is 17.5 Å². The van der Waals surface area contributed by atoms with E-state index in [-0.39, 0.29) is 11.7 Å². The molecule has 0 saturated carbocycles. The summed E-state index contributed by atoms with van der Waals surface area (Å²) < 4.78 is 12.9. The summed E-state index contributed by atoms with van der Waals surface area (Å²) in [7, 11) is 0. The Kier molecular flexibility index (Phi) is 5.42. The SMILES string of the molecule is Cc1cc(F)ccc1CCNCCC(N)=NO. The Morgan fingerprint density at radius 2 is 2.24 bits per heavy atom. The van der Waals surface area contributed by atoms with Gasteiger partial charge in [0.05, 0.1) is 0 Å². The van der Waals surface area contributed by atoms with Crippen molar-refractivity contribution in [3.05, 3.63) is 35.1 Å². The summed E-state index contributed by atoms with van der Waals surface area (Å²) in [5, 5.41) is 14.4. The molecule has 1 aromatic rings. The molecule has 4 nitrogen and oxygen atoms in total. The molecule has 1 rings (SSSR count). The second-order valence-corrected chi connectivity index (χ2v) is 3.91. The predicted molar refractivity (Wildman–Crippen MR) is 65.7 cm³/mol. The van der Waals surface area contributed by atoms with Gasteiger partial charge in [0.15, 0.2) is 0 Å². The van der Waals surface area contributed by atoms with Crippen molar-refractivity contribution >= 4 is 5.84 Å². The van der Waals surface area contributed by atoms with Gasteiger partial charge in [0.2, 0.25) is 0 Å². The molecular formula is C12H18FN3O. The van der Waals surface area contributed by atoms with Crippen LogP contribution in [0.3, 0.4) is 0 Å². The smallest absolute Gasteiger partial charge is 0.140 e. The molecule has 0 saturated heterocycles. The van der Waals surface area contributed by atoms with Gasteiger partial charge in [-0.1, -0.05) is 11.2 Å². The molecule has 0 aliphatic heterocycles. The van der Waals surface area contributed by atoms with Crippen LogP contribution in [0.15, 0.2) is 23.4 Å². The Balaban J connectivity index is 2.27. The van der Waals surface area contributed by atoms with Crippen LogP contribution >= 0.6 is 0 Å².